The monoisotopic (exact) mass is 392 g/mol. The topological polar surface area (TPSA) is 0 Å². The Kier molecular flexibility index (Phi) is 3.61. The van der Waals surface area contributed by atoms with E-state index in [1.54, 1.807) is 0 Å². The van der Waals surface area contributed by atoms with E-state index in [0.717, 1.165) is 0 Å². The minimum absolute atomic E-state index is 1.27. The number of hydrogen-bond acceptors (Lipinski definition) is 2. The summed E-state index contributed by atoms with van der Waals surface area (Å²) < 4.78 is 5.59. The van der Waals surface area contributed by atoms with Gasteiger partial charge in [-0.05, 0) is 22.8 Å². The van der Waals surface area contributed by atoms with Crippen molar-refractivity contribution in [3.05, 3.63) is 97.1 Å². The Balaban J connectivity index is 1.77. The maximum Gasteiger partial charge on any atom is 0.0542 e. The lowest BCUT2D eigenvalue weighted by molar-refractivity contribution is 1.62. The predicted molar refractivity (Wildman–Crippen MR) is 126 cm³/mol. The quantitative estimate of drug-likeness (QED) is 0.277. The zero-order chi connectivity index (χ0) is 18.5. The fourth-order valence-electron chi connectivity index (χ4n) is 4.02. The Labute approximate surface area is 171 Å². The number of hydrogen-bond donors (Lipinski definition) is 0. The summed E-state index contributed by atoms with van der Waals surface area (Å²) in [5, 5.41) is 2.75. The van der Waals surface area contributed by atoms with Crippen molar-refractivity contribution in [3.8, 4) is 22.3 Å². The van der Waals surface area contributed by atoms with Crippen LogP contribution in [0.4, 0.5) is 0 Å². The fourth-order valence-corrected chi connectivity index (χ4v) is 6.83. The summed E-state index contributed by atoms with van der Waals surface area (Å²) in [5.74, 6) is 0. The van der Waals surface area contributed by atoms with Gasteiger partial charge in [-0.15, -0.1) is 22.7 Å². The van der Waals surface area contributed by atoms with Crippen molar-refractivity contribution in [2.75, 3.05) is 0 Å². The van der Waals surface area contributed by atoms with Gasteiger partial charge in [0.15, 0.2) is 0 Å². The van der Waals surface area contributed by atoms with Gasteiger partial charge in [0, 0.05) is 25.7 Å². The molecule has 2 heterocycles. The molecule has 0 saturated carbocycles. The highest BCUT2D eigenvalue weighted by molar-refractivity contribution is 7.36. The van der Waals surface area contributed by atoms with Gasteiger partial charge in [0.2, 0.25) is 0 Å². The van der Waals surface area contributed by atoms with E-state index in [2.05, 4.69) is 97.1 Å². The highest BCUT2D eigenvalue weighted by atomic mass is 32.1. The second-order valence-corrected chi connectivity index (χ2v) is 9.03. The van der Waals surface area contributed by atoms with Gasteiger partial charge in [0.05, 0.1) is 9.40 Å². The smallest absolute Gasteiger partial charge is 0.0542 e. The summed E-state index contributed by atoms with van der Waals surface area (Å²) >= 11 is 3.85. The van der Waals surface area contributed by atoms with Crippen LogP contribution in [0.5, 0.6) is 0 Å². The van der Waals surface area contributed by atoms with Crippen molar-refractivity contribution >= 4 is 52.2 Å². The van der Waals surface area contributed by atoms with Crippen LogP contribution in [0.25, 0.3) is 51.8 Å². The van der Waals surface area contributed by atoms with Gasteiger partial charge in [0.25, 0.3) is 0 Å². The van der Waals surface area contributed by atoms with Gasteiger partial charge in [-0.3, -0.25) is 0 Å². The molecule has 0 aliphatic carbocycles. The highest BCUT2D eigenvalue weighted by Gasteiger charge is 2.18. The molecule has 0 aliphatic rings. The summed E-state index contributed by atoms with van der Waals surface area (Å²) in [6.07, 6.45) is 0. The van der Waals surface area contributed by atoms with Gasteiger partial charge in [0.1, 0.15) is 0 Å². The Morgan fingerprint density at radius 1 is 0.429 bits per heavy atom. The minimum Gasteiger partial charge on any atom is -0.134 e. The lowest BCUT2D eigenvalue weighted by Crippen LogP contribution is -1.85. The zero-order valence-corrected chi connectivity index (χ0v) is 16.7. The fraction of sp³-hybridized carbons (Fsp3) is 0. The molecule has 4 aromatic carbocycles. The van der Waals surface area contributed by atoms with Crippen LogP contribution < -0.4 is 0 Å². The predicted octanol–water partition coefficient (Wildman–Crippen LogP) is 8.60. The molecule has 0 amide bonds. The Morgan fingerprint density at radius 3 is 1.86 bits per heavy atom. The van der Waals surface area contributed by atoms with Gasteiger partial charge in [-0.2, -0.15) is 0 Å². The molecule has 132 valence electrons. The molecule has 0 N–H and O–H groups in total. The molecule has 0 atom stereocenters. The van der Waals surface area contributed by atoms with E-state index in [9.17, 15) is 0 Å². The molecule has 0 unspecified atom stereocenters. The third-order valence-electron chi connectivity index (χ3n) is 5.30. The third-order valence-corrected chi connectivity index (χ3v) is 7.89. The van der Waals surface area contributed by atoms with Crippen LogP contribution in [-0.4, -0.2) is 0 Å². The third kappa shape index (κ3) is 2.35. The molecule has 0 fully saturated rings. The molecule has 0 spiro atoms. The van der Waals surface area contributed by atoms with E-state index in [-0.39, 0.29) is 0 Å². The first-order valence-electron chi connectivity index (χ1n) is 9.38. The Bertz CT molecular complexity index is 1440. The van der Waals surface area contributed by atoms with Crippen molar-refractivity contribution < 1.29 is 0 Å². The van der Waals surface area contributed by atoms with Crippen molar-refractivity contribution in [2.24, 2.45) is 0 Å². The molecule has 0 radical (unpaired) electrons. The summed E-state index contributed by atoms with van der Waals surface area (Å²) in [5.41, 5.74) is 5.20. The first-order chi connectivity index (χ1) is 13.9. The van der Waals surface area contributed by atoms with Gasteiger partial charge >= 0.3 is 0 Å². The summed E-state index contributed by atoms with van der Waals surface area (Å²) in [4.78, 5) is 0. The maximum absolute atomic E-state index is 2.32. The largest absolute Gasteiger partial charge is 0.134 e. The van der Waals surface area contributed by atoms with Gasteiger partial charge < -0.3 is 0 Å². The number of thiophene rings is 2. The normalized spacial score (nSPS) is 11.6. The van der Waals surface area contributed by atoms with Crippen LogP contribution in [0.1, 0.15) is 0 Å². The van der Waals surface area contributed by atoms with Crippen molar-refractivity contribution in [1.29, 1.82) is 0 Å². The average molecular weight is 393 g/mol. The molecule has 6 rings (SSSR count). The number of benzene rings is 4. The van der Waals surface area contributed by atoms with E-state index in [4.69, 9.17) is 0 Å². The van der Waals surface area contributed by atoms with Crippen molar-refractivity contribution in [1.82, 2.24) is 0 Å². The molecular weight excluding hydrogens is 376 g/mol. The molecule has 6 aromatic rings. The van der Waals surface area contributed by atoms with E-state index >= 15 is 0 Å². The first kappa shape index (κ1) is 16.1. The Hall–Kier alpha value is -2.94. The van der Waals surface area contributed by atoms with Crippen molar-refractivity contribution in [3.63, 3.8) is 0 Å². The maximum atomic E-state index is 2.32. The van der Waals surface area contributed by atoms with E-state index in [1.165, 1.54) is 51.8 Å². The summed E-state index contributed by atoms with van der Waals surface area (Å²) in [6.45, 7) is 0. The Morgan fingerprint density at radius 2 is 1.07 bits per heavy atom. The molecule has 0 nitrogen and oxygen atoms in total. The van der Waals surface area contributed by atoms with Crippen LogP contribution in [-0.2, 0) is 0 Å². The van der Waals surface area contributed by atoms with Gasteiger partial charge in [-0.1, -0.05) is 91.0 Å². The SMILES string of the molecule is c1ccc(-c2ccc3c(sc4c5ccccc5sc34)c2-c2ccccc2)cc1. The lowest BCUT2D eigenvalue weighted by atomic mass is 9.93. The second kappa shape index (κ2) is 6.30. The van der Waals surface area contributed by atoms with E-state index in [0.29, 0.717) is 0 Å². The molecular formula is C26H16S2. The summed E-state index contributed by atoms with van der Waals surface area (Å²) in [7, 11) is 0. The van der Waals surface area contributed by atoms with E-state index < -0.39 is 0 Å². The van der Waals surface area contributed by atoms with Crippen LogP contribution in [0, 0.1) is 0 Å². The summed E-state index contributed by atoms with van der Waals surface area (Å²) in [6, 6.07) is 34.9. The van der Waals surface area contributed by atoms with Crippen LogP contribution >= 0.6 is 22.7 Å². The molecule has 2 heteroatoms. The van der Waals surface area contributed by atoms with Crippen LogP contribution in [0.3, 0.4) is 0 Å². The standard InChI is InChI=1S/C26H16S2/c1-3-9-17(10-4-1)19-15-16-21-24(23(19)18-11-5-2-6-12-18)28-25-20-13-7-8-14-22(20)27-26(21)25/h1-16H. The van der Waals surface area contributed by atoms with Crippen molar-refractivity contribution in [2.45, 2.75) is 0 Å². The molecule has 0 bridgehead atoms. The lowest BCUT2D eigenvalue weighted by Gasteiger charge is -2.12. The molecule has 2 aromatic heterocycles. The molecule has 0 saturated heterocycles. The highest BCUT2D eigenvalue weighted by Crippen LogP contribution is 2.49. The molecule has 28 heavy (non-hydrogen) atoms. The second-order valence-electron chi connectivity index (χ2n) is 6.96. The van der Waals surface area contributed by atoms with Crippen LogP contribution in [0.2, 0.25) is 0 Å². The zero-order valence-electron chi connectivity index (χ0n) is 15.1. The first-order valence-corrected chi connectivity index (χ1v) is 11.0. The molecule has 0 aliphatic heterocycles. The number of fused-ring (bicyclic) bond motifs is 5. The van der Waals surface area contributed by atoms with Gasteiger partial charge in [-0.25, -0.2) is 0 Å². The van der Waals surface area contributed by atoms with E-state index in [1.807, 2.05) is 22.7 Å². The number of rotatable bonds is 2. The average Bonchev–Trinajstić information content (AvgIpc) is 3.30. The van der Waals surface area contributed by atoms with Crippen LogP contribution in [0.15, 0.2) is 97.1 Å². The minimum atomic E-state index is 1.27.